The van der Waals surface area contributed by atoms with Crippen molar-refractivity contribution < 1.29 is 0 Å². The van der Waals surface area contributed by atoms with Crippen LogP contribution in [0.2, 0.25) is 0 Å². The van der Waals surface area contributed by atoms with E-state index >= 15 is 0 Å². The average molecular weight is 245 g/mol. The van der Waals surface area contributed by atoms with Gasteiger partial charge in [-0.2, -0.15) is 16.4 Å². The van der Waals surface area contributed by atoms with Crippen LogP contribution < -0.4 is 0 Å². The van der Waals surface area contributed by atoms with Crippen molar-refractivity contribution in [2.45, 2.75) is 25.3 Å². The fourth-order valence-electron chi connectivity index (χ4n) is 1.99. The SMILES string of the molecule is [N-]=[N+]=NCc1c(-c2ccsc2)n[nH]c1C1CC1. The van der Waals surface area contributed by atoms with Gasteiger partial charge >= 0.3 is 0 Å². The summed E-state index contributed by atoms with van der Waals surface area (Å²) in [5, 5.41) is 15.2. The highest BCUT2D eigenvalue weighted by atomic mass is 32.1. The number of aromatic amines is 1. The van der Waals surface area contributed by atoms with Crippen LogP contribution >= 0.6 is 11.3 Å². The maximum absolute atomic E-state index is 8.46. The second kappa shape index (κ2) is 4.24. The van der Waals surface area contributed by atoms with Crippen LogP contribution in [0.15, 0.2) is 21.9 Å². The first-order chi connectivity index (χ1) is 8.40. The Morgan fingerprint density at radius 1 is 1.59 bits per heavy atom. The van der Waals surface area contributed by atoms with Gasteiger partial charge in [-0.15, -0.1) is 0 Å². The van der Waals surface area contributed by atoms with E-state index in [9.17, 15) is 0 Å². The lowest BCUT2D eigenvalue weighted by atomic mass is 10.1. The molecule has 0 bridgehead atoms. The third kappa shape index (κ3) is 1.92. The van der Waals surface area contributed by atoms with Crippen molar-refractivity contribution in [1.29, 1.82) is 0 Å². The zero-order chi connectivity index (χ0) is 11.7. The molecular formula is C11H11N5S. The minimum absolute atomic E-state index is 0.379. The van der Waals surface area contributed by atoms with E-state index in [1.165, 1.54) is 12.8 Å². The van der Waals surface area contributed by atoms with E-state index in [0.29, 0.717) is 12.5 Å². The first-order valence-corrected chi connectivity index (χ1v) is 6.45. The number of hydrogen-bond donors (Lipinski definition) is 1. The van der Waals surface area contributed by atoms with Crippen molar-refractivity contribution in [2.24, 2.45) is 5.11 Å². The maximum Gasteiger partial charge on any atom is 0.0965 e. The quantitative estimate of drug-likeness (QED) is 0.496. The van der Waals surface area contributed by atoms with E-state index in [2.05, 4.69) is 25.6 Å². The summed E-state index contributed by atoms with van der Waals surface area (Å²) >= 11 is 1.64. The third-order valence-electron chi connectivity index (χ3n) is 2.97. The Bertz CT molecular complexity index is 561. The lowest BCUT2D eigenvalue weighted by Crippen LogP contribution is -1.89. The minimum atomic E-state index is 0.379. The van der Waals surface area contributed by atoms with Gasteiger partial charge in [0.05, 0.1) is 12.2 Å². The van der Waals surface area contributed by atoms with Crippen LogP contribution in [-0.2, 0) is 6.54 Å². The summed E-state index contributed by atoms with van der Waals surface area (Å²) in [5.74, 6) is 0.582. The Labute approximate surface area is 102 Å². The molecule has 0 saturated heterocycles. The molecule has 0 atom stereocenters. The number of thiophene rings is 1. The molecule has 3 rings (SSSR count). The smallest absolute Gasteiger partial charge is 0.0965 e. The molecule has 2 aromatic rings. The average Bonchev–Trinajstić information content (AvgIpc) is 2.91. The Balaban J connectivity index is 2.05. The summed E-state index contributed by atoms with van der Waals surface area (Å²) in [6.07, 6.45) is 2.41. The highest BCUT2D eigenvalue weighted by molar-refractivity contribution is 7.08. The second-order valence-electron chi connectivity index (χ2n) is 4.14. The molecule has 0 amide bonds. The standard InChI is InChI=1S/C11H11N5S/c12-16-13-5-9-10(7-1-2-7)14-15-11(9)8-3-4-17-6-8/h3-4,6-7H,1-2,5H2,(H,14,15). The summed E-state index contributed by atoms with van der Waals surface area (Å²) in [4.78, 5) is 2.84. The predicted octanol–water partition coefficient (Wildman–Crippen LogP) is 3.83. The fourth-order valence-corrected chi connectivity index (χ4v) is 2.63. The van der Waals surface area contributed by atoms with E-state index in [1.807, 2.05) is 11.4 Å². The van der Waals surface area contributed by atoms with Gasteiger partial charge in [-0.1, -0.05) is 5.11 Å². The Hall–Kier alpha value is -1.78. The van der Waals surface area contributed by atoms with E-state index in [0.717, 1.165) is 22.5 Å². The Kier molecular flexibility index (Phi) is 2.59. The van der Waals surface area contributed by atoms with Gasteiger partial charge < -0.3 is 0 Å². The first-order valence-electron chi connectivity index (χ1n) is 5.50. The summed E-state index contributed by atoms with van der Waals surface area (Å²) in [7, 11) is 0. The summed E-state index contributed by atoms with van der Waals surface area (Å²) in [6, 6.07) is 2.04. The summed E-state index contributed by atoms with van der Waals surface area (Å²) in [5.41, 5.74) is 12.7. The molecule has 1 aliphatic rings. The molecule has 1 fully saturated rings. The van der Waals surface area contributed by atoms with Crippen LogP contribution in [0.25, 0.3) is 21.7 Å². The normalized spacial score (nSPS) is 14.6. The Morgan fingerprint density at radius 3 is 3.12 bits per heavy atom. The van der Waals surface area contributed by atoms with E-state index in [4.69, 9.17) is 5.53 Å². The van der Waals surface area contributed by atoms with Crippen LogP contribution in [0.5, 0.6) is 0 Å². The van der Waals surface area contributed by atoms with Crippen molar-refractivity contribution in [3.05, 3.63) is 38.5 Å². The molecule has 5 nitrogen and oxygen atoms in total. The van der Waals surface area contributed by atoms with Gasteiger partial charge in [-0.05, 0) is 29.8 Å². The highest BCUT2D eigenvalue weighted by Gasteiger charge is 2.29. The fraction of sp³-hybridized carbons (Fsp3) is 0.364. The number of aromatic nitrogens is 2. The molecule has 1 N–H and O–H groups in total. The molecule has 1 saturated carbocycles. The number of azide groups is 1. The van der Waals surface area contributed by atoms with Crippen molar-refractivity contribution >= 4 is 11.3 Å². The van der Waals surface area contributed by atoms with Crippen molar-refractivity contribution in [3.63, 3.8) is 0 Å². The van der Waals surface area contributed by atoms with Crippen LogP contribution in [-0.4, -0.2) is 10.2 Å². The van der Waals surface area contributed by atoms with E-state index < -0.39 is 0 Å². The van der Waals surface area contributed by atoms with Crippen LogP contribution in [0, 0.1) is 0 Å². The number of hydrogen-bond acceptors (Lipinski definition) is 3. The van der Waals surface area contributed by atoms with Gasteiger partial charge in [-0.3, -0.25) is 5.10 Å². The second-order valence-corrected chi connectivity index (χ2v) is 4.92. The maximum atomic E-state index is 8.46. The largest absolute Gasteiger partial charge is 0.281 e. The third-order valence-corrected chi connectivity index (χ3v) is 3.65. The molecule has 1 aliphatic carbocycles. The van der Waals surface area contributed by atoms with Gasteiger partial charge in [0.1, 0.15) is 0 Å². The molecule has 2 heterocycles. The van der Waals surface area contributed by atoms with Crippen molar-refractivity contribution in [1.82, 2.24) is 10.2 Å². The van der Waals surface area contributed by atoms with Gasteiger partial charge in [0.15, 0.2) is 0 Å². The molecule has 0 radical (unpaired) electrons. The minimum Gasteiger partial charge on any atom is -0.281 e. The molecule has 86 valence electrons. The lowest BCUT2D eigenvalue weighted by Gasteiger charge is -1.99. The van der Waals surface area contributed by atoms with Gasteiger partial charge in [0.25, 0.3) is 0 Å². The van der Waals surface area contributed by atoms with E-state index in [1.54, 1.807) is 11.3 Å². The topological polar surface area (TPSA) is 77.4 Å². The molecule has 0 spiro atoms. The monoisotopic (exact) mass is 245 g/mol. The predicted molar refractivity (Wildman–Crippen MR) is 66.7 cm³/mol. The number of nitrogens with zero attached hydrogens (tertiary/aromatic N) is 4. The van der Waals surface area contributed by atoms with Gasteiger partial charge in [-0.25, -0.2) is 0 Å². The molecule has 6 heteroatoms. The molecule has 0 aliphatic heterocycles. The molecule has 0 aromatic carbocycles. The van der Waals surface area contributed by atoms with Crippen LogP contribution in [0.4, 0.5) is 0 Å². The number of H-pyrrole nitrogens is 1. The highest BCUT2D eigenvalue weighted by Crippen LogP contribution is 2.43. The zero-order valence-electron chi connectivity index (χ0n) is 9.13. The molecular weight excluding hydrogens is 234 g/mol. The van der Waals surface area contributed by atoms with Gasteiger partial charge in [0.2, 0.25) is 0 Å². The molecule has 17 heavy (non-hydrogen) atoms. The summed E-state index contributed by atoms with van der Waals surface area (Å²) in [6.45, 7) is 0.379. The zero-order valence-corrected chi connectivity index (χ0v) is 9.94. The van der Waals surface area contributed by atoms with Crippen LogP contribution in [0.3, 0.4) is 0 Å². The Morgan fingerprint density at radius 2 is 2.47 bits per heavy atom. The number of nitrogens with one attached hydrogen (secondary N) is 1. The summed E-state index contributed by atoms with van der Waals surface area (Å²) < 4.78 is 0. The van der Waals surface area contributed by atoms with Gasteiger partial charge in [0, 0.05) is 33.0 Å². The number of rotatable bonds is 4. The first kappa shape index (κ1) is 10.4. The van der Waals surface area contributed by atoms with Crippen LogP contribution in [0.1, 0.15) is 30.0 Å². The molecule has 0 unspecified atom stereocenters. The van der Waals surface area contributed by atoms with E-state index in [-0.39, 0.29) is 0 Å². The lowest BCUT2D eigenvalue weighted by molar-refractivity contribution is 0.935. The molecule has 2 aromatic heterocycles. The van der Waals surface area contributed by atoms with Crippen molar-refractivity contribution in [2.75, 3.05) is 0 Å². The van der Waals surface area contributed by atoms with Crippen molar-refractivity contribution in [3.8, 4) is 11.3 Å².